The molecule has 0 aliphatic heterocycles. The van der Waals surface area contributed by atoms with Crippen molar-refractivity contribution in [2.45, 2.75) is 18.8 Å². The summed E-state index contributed by atoms with van der Waals surface area (Å²) >= 11 is 0. The van der Waals surface area contributed by atoms with Gasteiger partial charge in [-0.3, -0.25) is 0 Å². The molecule has 2 aromatic rings. The molecule has 0 bridgehead atoms. The van der Waals surface area contributed by atoms with E-state index in [0.29, 0.717) is 11.7 Å². The van der Waals surface area contributed by atoms with Gasteiger partial charge in [-0.05, 0) is 42.5 Å². The van der Waals surface area contributed by atoms with Crippen molar-refractivity contribution < 1.29 is 9.50 Å². The lowest BCUT2D eigenvalue weighted by Gasteiger charge is -2.18. The van der Waals surface area contributed by atoms with Crippen LogP contribution in [0.25, 0.3) is 0 Å². The van der Waals surface area contributed by atoms with Crippen LogP contribution in [0.5, 0.6) is 5.75 Å². The van der Waals surface area contributed by atoms with E-state index in [1.807, 2.05) is 30.3 Å². The monoisotopic (exact) mass is 242 g/mol. The van der Waals surface area contributed by atoms with E-state index in [0.717, 1.165) is 11.1 Å². The Balaban J connectivity index is 2.03. The number of phenolic OH excluding ortho intramolecular Hbond substituents is 1. The van der Waals surface area contributed by atoms with Crippen molar-refractivity contribution in [3.05, 3.63) is 65.5 Å². The minimum absolute atomic E-state index is 0.187. The number of hydrogen-bond donors (Lipinski definition) is 1. The summed E-state index contributed by atoms with van der Waals surface area (Å²) in [5, 5.41) is 10.00. The molecule has 18 heavy (non-hydrogen) atoms. The van der Waals surface area contributed by atoms with Crippen molar-refractivity contribution >= 4 is 0 Å². The zero-order valence-electron chi connectivity index (χ0n) is 10.0. The first kappa shape index (κ1) is 11.3. The van der Waals surface area contributed by atoms with Crippen LogP contribution in [0.3, 0.4) is 0 Å². The molecule has 1 fully saturated rings. The number of halogens is 1. The minimum atomic E-state index is -0.217. The highest BCUT2D eigenvalue weighted by atomic mass is 19.1. The molecular formula is C16H15FO. The lowest BCUT2D eigenvalue weighted by Crippen LogP contribution is -2.03. The lowest BCUT2D eigenvalue weighted by atomic mass is 9.86. The molecule has 0 heterocycles. The van der Waals surface area contributed by atoms with Gasteiger partial charge in [0.15, 0.2) is 0 Å². The van der Waals surface area contributed by atoms with Crippen molar-refractivity contribution in [2.75, 3.05) is 0 Å². The summed E-state index contributed by atoms with van der Waals surface area (Å²) in [6.07, 6.45) is 2.35. The molecule has 0 aromatic heterocycles. The van der Waals surface area contributed by atoms with Crippen LogP contribution in [0.15, 0.2) is 48.5 Å². The fraction of sp³-hybridized carbons (Fsp3) is 0.250. The first-order valence-corrected chi connectivity index (χ1v) is 6.29. The molecule has 0 amide bonds. The van der Waals surface area contributed by atoms with E-state index in [1.54, 1.807) is 6.07 Å². The van der Waals surface area contributed by atoms with Gasteiger partial charge in [0.2, 0.25) is 0 Å². The highest BCUT2D eigenvalue weighted by molar-refractivity contribution is 5.42. The first-order valence-electron chi connectivity index (χ1n) is 6.29. The van der Waals surface area contributed by atoms with Crippen LogP contribution < -0.4 is 0 Å². The molecule has 1 unspecified atom stereocenters. The Hall–Kier alpha value is -1.83. The molecule has 92 valence electrons. The summed E-state index contributed by atoms with van der Waals surface area (Å²) in [6.45, 7) is 0. The average Bonchev–Trinajstić information content (AvgIpc) is 3.19. The largest absolute Gasteiger partial charge is 0.508 e. The van der Waals surface area contributed by atoms with Gasteiger partial charge in [0.25, 0.3) is 0 Å². The summed E-state index contributed by atoms with van der Waals surface area (Å²) in [4.78, 5) is 0. The average molecular weight is 242 g/mol. The van der Waals surface area contributed by atoms with Gasteiger partial charge in [-0.25, -0.2) is 4.39 Å². The molecule has 2 heteroatoms. The smallest absolute Gasteiger partial charge is 0.123 e. The van der Waals surface area contributed by atoms with Gasteiger partial charge in [0.05, 0.1) is 0 Å². The summed E-state index contributed by atoms with van der Waals surface area (Å²) in [6, 6.07) is 14.1. The second-order valence-electron chi connectivity index (χ2n) is 4.93. The molecule has 1 atom stereocenters. The fourth-order valence-corrected chi connectivity index (χ4v) is 2.56. The molecule has 1 saturated carbocycles. The standard InChI is InChI=1S/C16H15FO/c17-13-9-7-12(8-10-13)16(11-5-6-11)14-3-1-2-4-15(14)18/h1-4,7-11,16,18H,5-6H2. The van der Waals surface area contributed by atoms with Crippen molar-refractivity contribution in [3.8, 4) is 5.75 Å². The molecule has 1 N–H and O–H groups in total. The molecular weight excluding hydrogens is 227 g/mol. The Bertz CT molecular complexity index is 543. The third kappa shape index (κ3) is 2.10. The van der Waals surface area contributed by atoms with Crippen LogP contribution in [0.1, 0.15) is 29.9 Å². The quantitative estimate of drug-likeness (QED) is 0.860. The SMILES string of the molecule is Oc1ccccc1C(c1ccc(F)cc1)C1CC1. The molecule has 2 aromatic carbocycles. The summed E-state index contributed by atoms with van der Waals surface area (Å²) in [5.41, 5.74) is 2.03. The minimum Gasteiger partial charge on any atom is -0.508 e. The number of rotatable bonds is 3. The Morgan fingerprint density at radius 2 is 1.67 bits per heavy atom. The number of phenols is 1. The maximum absolute atomic E-state index is 13.0. The third-order valence-electron chi connectivity index (χ3n) is 3.59. The van der Waals surface area contributed by atoms with E-state index >= 15 is 0 Å². The lowest BCUT2D eigenvalue weighted by molar-refractivity contribution is 0.461. The molecule has 1 nitrogen and oxygen atoms in total. The summed E-state index contributed by atoms with van der Waals surface area (Å²) < 4.78 is 13.0. The van der Waals surface area contributed by atoms with E-state index in [9.17, 15) is 9.50 Å². The van der Waals surface area contributed by atoms with E-state index in [4.69, 9.17) is 0 Å². The predicted molar refractivity (Wildman–Crippen MR) is 69.1 cm³/mol. The van der Waals surface area contributed by atoms with Gasteiger partial charge >= 0.3 is 0 Å². The Morgan fingerprint density at radius 3 is 2.28 bits per heavy atom. The fourth-order valence-electron chi connectivity index (χ4n) is 2.56. The van der Waals surface area contributed by atoms with Crippen LogP contribution in [0, 0.1) is 11.7 Å². The van der Waals surface area contributed by atoms with Crippen LogP contribution in [0.4, 0.5) is 4.39 Å². The zero-order chi connectivity index (χ0) is 12.5. The van der Waals surface area contributed by atoms with Crippen LogP contribution in [-0.4, -0.2) is 5.11 Å². The molecule has 0 saturated heterocycles. The predicted octanol–water partition coefficient (Wildman–Crippen LogP) is 4.07. The Morgan fingerprint density at radius 1 is 1.00 bits per heavy atom. The van der Waals surface area contributed by atoms with Gasteiger partial charge in [-0.15, -0.1) is 0 Å². The van der Waals surface area contributed by atoms with Crippen molar-refractivity contribution in [1.29, 1.82) is 0 Å². The van der Waals surface area contributed by atoms with E-state index in [2.05, 4.69) is 0 Å². The molecule has 0 spiro atoms. The van der Waals surface area contributed by atoms with Gasteiger partial charge in [0.1, 0.15) is 11.6 Å². The Kier molecular flexibility index (Phi) is 2.78. The Labute approximate surface area is 106 Å². The third-order valence-corrected chi connectivity index (χ3v) is 3.59. The van der Waals surface area contributed by atoms with Crippen LogP contribution >= 0.6 is 0 Å². The molecule has 1 aliphatic carbocycles. The van der Waals surface area contributed by atoms with Crippen LogP contribution in [0.2, 0.25) is 0 Å². The number of hydrogen-bond acceptors (Lipinski definition) is 1. The second kappa shape index (κ2) is 4.45. The number of aromatic hydroxyl groups is 1. The van der Waals surface area contributed by atoms with Crippen molar-refractivity contribution in [1.82, 2.24) is 0 Å². The van der Waals surface area contributed by atoms with E-state index in [1.165, 1.54) is 25.0 Å². The second-order valence-corrected chi connectivity index (χ2v) is 4.93. The maximum Gasteiger partial charge on any atom is 0.123 e. The van der Waals surface area contributed by atoms with E-state index in [-0.39, 0.29) is 11.7 Å². The molecule has 0 radical (unpaired) electrons. The first-order chi connectivity index (χ1) is 8.75. The normalized spacial score (nSPS) is 16.5. The van der Waals surface area contributed by atoms with E-state index < -0.39 is 0 Å². The topological polar surface area (TPSA) is 20.2 Å². The highest BCUT2D eigenvalue weighted by Crippen LogP contribution is 2.48. The van der Waals surface area contributed by atoms with Gasteiger partial charge in [-0.2, -0.15) is 0 Å². The van der Waals surface area contributed by atoms with Gasteiger partial charge < -0.3 is 5.11 Å². The summed E-state index contributed by atoms with van der Waals surface area (Å²) in [5.74, 6) is 0.875. The van der Waals surface area contributed by atoms with Crippen LogP contribution in [-0.2, 0) is 0 Å². The number of para-hydroxylation sites is 1. The van der Waals surface area contributed by atoms with Crippen molar-refractivity contribution in [3.63, 3.8) is 0 Å². The zero-order valence-corrected chi connectivity index (χ0v) is 10.0. The maximum atomic E-state index is 13.0. The van der Waals surface area contributed by atoms with Crippen molar-refractivity contribution in [2.24, 2.45) is 5.92 Å². The number of benzene rings is 2. The van der Waals surface area contributed by atoms with Gasteiger partial charge in [-0.1, -0.05) is 30.3 Å². The molecule has 1 aliphatic rings. The highest BCUT2D eigenvalue weighted by Gasteiger charge is 2.34. The summed E-state index contributed by atoms with van der Waals surface area (Å²) in [7, 11) is 0. The van der Waals surface area contributed by atoms with Gasteiger partial charge in [0, 0.05) is 11.5 Å². The molecule has 3 rings (SSSR count).